The number of nitrogens with zero attached hydrogens (tertiary/aromatic N) is 1. The lowest BCUT2D eigenvalue weighted by Gasteiger charge is -2.14. The third-order valence-electron chi connectivity index (χ3n) is 4.09. The fraction of sp³-hybridized carbons (Fsp3) is 0.250. The zero-order chi connectivity index (χ0) is 15.4. The van der Waals surface area contributed by atoms with Gasteiger partial charge in [0.2, 0.25) is 0 Å². The Kier molecular flexibility index (Phi) is 4.50. The minimum atomic E-state index is 0.248. The van der Waals surface area contributed by atoms with Gasteiger partial charge in [0.05, 0.1) is 5.69 Å². The molecule has 22 heavy (non-hydrogen) atoms. The molecule has 0 radical (unpaired) electrons. The number of hydrogen-bond donors (Lipinski definition) is 1. The highest BCUT2D eigenvalue weighted by molar-refractivity contribution is 5.91. The van der Waals surface area contributed by atoms with E-state index < -0.39 is 0 Å². The van der Waals surface area contributed by atoms with Crippen LogP contribution < -0.4 is 0 Å². The van der Waals surface area contributed by atoms with E-state index in [2.05, 4.69) is 55.5 Å². The van der Waals surface area contributed by atoms with Crippen LogP contribution in [0.15, 0.2) is 54.6 Å². The Hall–Kier alpha value is -2.19. The predicted molar refractivity (Wildman–Crippen MR) is 91.9 cm³/mol. The van der Waals surface area contributed by atoms with Crippen LogP contribution in [0.1, 0.15) is 24.1 Å². The number of benzene rings is 2. The standard InChI is InChI=1S/C20H21NO/c1-15-17-11-5-6-12-18(17)19(13-7-8-14-22)20(21-15)16-9-3-2-4-10-16/h2-6,9-12,22H,7-8,13-14H2,1H3. The van der Waals surface area contributed by atoms with E-state index in [1.807, 2.05) is 6.07 Å². The van der Waals surface area contributed by atoms with Crippen LogP contribution in [0.4, 0.5) is 0 Å². The number of rotatable bonds is 5. The van der Waals surface area contributed by atoms with E-state index in [1.165, 1.54) is 16.3 Å². The van der Waals surface area contributed by atoms with Gasteiger partial charge in [0.25, 0.3) is 0 Å². The van der Waals surface area contributed by atoms with E-state index in [4.69, 9.17) is 10.1 Å². The SMILES string of the molecule is Cc1nc(-c2ccccc2)c(CCCCO)c2ccccc12. The summed E-state index contributed by atoms with van der Waals surface area (Å²) in [6, 6.07) is 18.9. The maximum atomic E-state index is 9.07. The highest BCUT2D eigenvalue weighted by Crippen LogP contribution is 2.31. The molecule has 0 atom stereocenters. The minimum Gasteiger partial charge on any atom is -0.396 e. The van der Waals surface area contributed by atoms with E-state index in [9.17, 15) is 0 Å². The van der Waals surface area contributed by atoms with Gasteiger partial charge in [-0.05, 0) is 37.1 Å². The van der Waals surface area contributed by atoms with Crippen molar-refractivity contribution in [1.82, 2.24) is 4.98 Å². The Morgan fingerprint density at radius 1 is 0.864 bits per heavy atom. The molecule has 0 aliphatic carbocycles. The van der Waals surface area contributed by atoms with Gasteiger partial charge in [-0.3, -0.25) is 4.98 Å². The minimum absolute atomic E-state index is 0.248. The molecule has 0 aliphatic heterocycles. The molecule has 2 heteroatoms. The molecule has 0 saturated carbocycles. The molecule has 1 N–H and O–H groups in total. The highest BCUT2D eigenvalue weighted by atomic mass is 16.2. The molecule has 0 fully saturated rings. The van der Waals surface area contributed by atoms with Gasteiger partial charge in [0.15, 0.2) is 0 Å². The van der Waals surface area contributed by atoms with Gasteiger partial charge in [-0.2, -0.15) is 0 Å². The highest BCUT2D eigenvalue weighted by Gasteiger charge is 2.13. The van der Waals surface area contributed by atoms with Crippen molar-refractivity contribution < 1.29 is 5.11 Å². The van der Waals surface area contributed by atoms with Gasteiger partial charge in [-0.1, -0.05) is 54.6 Å². The molecule has 3 rings (SSSR count). The fourth-order valence-corrected chi connectivity index (χ4v) is 2.99. The number of aliphatic hydroxyl groups excluding tert-OH is 1. The van der Waals surface area contributed by atoms with Crippen molar-refractivity contribution >= 4 is 10.8 Å². The molecular weight excluding hydrogens is 270 g/mol. The molecule has 2 nitrogen and oxygen atoms in total. The van der Waals surface area contributed by atoms with Gasteiger partial charge >= 0.3 is 0 Å². The van der Waals surface area contributed by atoms with Crippen molar-refractivity contribution in [2.45, 2.75) is 26.2 Å². The number of unbranched alkanes of at least 4 members (excludes halogenated alkanes) is 1. The summed E-state index contributed by atoms with van der Waals surface area (Å²) in [6.07, 6.45) is 2.75. The molecule has 112 valence electrons. The number of pyridine rings is 1. The maximum Gasteiger partial charge on any atom is 0.0743 e. The van der Waals surface area contributed by atoms with Crippen molar-refractivity contribution in [2.75, 3.05) is 6.61 Å². The molecule has 3 aromatic rings. The van der Waals surface area contributed by atoms with Crippen LogP contribution >= 0.6 is 0 Å². The van der Waals surface area contributed by atoms with E-state index in [1.54, 1.807) is 0 Å². The largest absolute Gasteiger partial charge is 0.396 e. The van der Waals surface area contributed by atoms with Crippen LogP contribution in [0.5, 0.6) is 0 Å². The summed E-state index contributed by atoms with van der Waals surface area (Å²) in [5, 5.41) is 11.6. The molecule has 2 aromatic carbocycles. The Morgan fingerprint density at radius 3 is 2.27 bits per heavy atom. The summed E-state index contributed by atoms with van der Waals surface area (Å²) in [5.74, 6) is 0. The molecule has 0 spiro atoms. The molecule has 0 unspecified atom stereocenters. The molecule has 0 bridgehead atoms. The fourth-order valence-electron chi connectivity index (χ4n) is 2.99. The van der Waals surface area contributed by atoms with E-state index in [0.29, 0.717) is 0 Å². The third-order valence-corrected chi connectivity index (χ3v) is 4.09. The molecule has 1 heterocycles. The van der Waals surface area contributed by atoms with Crippen LogP contribution in [0.25, 0.3) is 22.0 Å². The maximum absolute atomic E-state index is 9.07. The number of aliphatic hydroxyl groups is 1. The van der Waals surface area contributed by atoms with Crippen molar-refractivity contribution in [1.29, 1.82) is 0 Å². The summed E-state index contributed by atoms with van der Waals surface area (Å²) in [7, 11) is 0. The second kappa shape index (κ2) is 6.71. The van der Waals surface area contributed by atoms with Crippen LogP contribution in [-0.4, -0.2) is 16.7 Å². The topological polar surface area (TPSA) is 33.1 Å². The average molecular weight is 291 g/mol. The first kappa shape index (κ1) is 14.7. The van der Waals surface area contributed by atoms with Crippen LogP contribution in [0.3, 0.4) is 0 Å². The quantitative estimate of drug-likeness (QED) is 0.701. The van der Waals surface area contributed by atoms with Crippen LogP contribution in [0, 0.1) is 6.92 Å². The monoisotopic (exact) mass is 291 g/mol. The summed E-state index contributed by atoms with van der Waals surface area (Å²) in [4.78, 5) is 4.89. The van der Waals surface area contributed by atoms with E-state index in [0.717, 1.165) is 36.2 Å². The zero-order valence-electron chi connectivity index (χ0n) is 12.9. The molecular formula is C20H21NO. The van der Waals surface area contributed by atoms with Crippen LogP contribution in [-0.2, 0) is 6.42 Å². The average Bonchev–Trinajstić information content (AvgIpc) is 2.58. The smallest absolute Gasteiger partial charge is 0.0743 e. The molecule has 1 aromatic heterocycles. The molecule has 0 saturated heterocycles. The Bertz CT molecular complexity index is 765. The predicted octanol–water partition coefficient (Wildman–Crippen LogP) is 4.53. The van der Waals surface area contributed by atoms with Crippen molar-refractivity contribution in [3.05, 3.63) is 65.9 Å². The van der Waals surface area contributed by atoms with Gasteiger partial charge in [0, 0.05) is 23.3 Å². The van der Waals surface area contributed by atoms with E-state index >= 15 is 0 Å². The van der Waals surface area contributed by atoms with Gasteiger partial charge in [-0.25, -0.2) is 0 Å². The summed E-state index contributed by atoms with van der Waals surface area (Å²) in [5.41, 5.74) is 4.60. The molecule has 0 aliphatic rings. The van der Waals surface area contributed by atoms with Crippen molar-refractivity contribution in [2.24, 2.45) is 0 Å². The van der Waals surface area contributed by atoms with Gasteiger partial charge in [0.1, 0.15) is 0 Å². The lowest BCUT2D eigenvalue weighted by Crippen LogP contribution is -1.99. The summed E-state index contributed by atoms with van der Waals surface area (Å²) < 4.78 is 0. The van der Waals surface area contributed by atoms with E-state index in [-0.39, 0.29) is 6.61 Å². The Balaban J connectivity index is 2.19. The second-order valence-electron chi connectivity index (χ2n) is 5.62. The normalized spacial score (nSPS) is 11.0. The lowest BCUT2D eigenvalue weighted by atomic mass is 9.94. The van der Waals surface area contributed by atoms with Crippen molar-refractivity contribution in [3.8, 4) is 11.3 Å². The number of hydrogen-bond acceptors (Lipinski definition) is 2. The van der Waals surface area contributed by atoms with Gasteiger partial charge < -0.3 is 5.11 Å². The molecule has 0 amide bonds. The summed E-state index contributed by atoms with van der Waals surface area (Å²) >= 11 is 0. The number of aromatic nitrogens is 1. The number of aryl methyl sites for hydroxylation is 2. The second-order valence-corrected chi connectivity index (χ2v) is 5.62. The van der Waals surface area contributed by atoms with Gasteiger partial charge in [-0.15, -0.1) is 0 Å². The Morgan fingerprint density at radius 2 is 1.55 bits per heavy atom. The van der Waals surface area contributed by atoms with Crippen molar-refractivity contribution in [3.63, 3.8) is 0 Å². The third kappa shape index (κ3) is 2.88. The Labute approximate surface area is 131 Å². The zero-order valence-corrected chi connectivity index (χ0v) is 12.9. The lowest BCUT2D eigenvalue weighted by molar-refractivity contribution is 0.284. The first-order valence-corrected chi connectivity index (χ1v) is 7.86. The first-order valence-electron chi connectivity index (χ1n) is 7.86. The summed E-state index contributed by atoms with van der Waals surface area (Å²) in [6.45, 7) is 2.32. The number of fused-ring (bicyclic) bond motifs is 1. The first-order chi connectivity index (χ1) is 10.8. The van der Waals surface area contributed by atoms with Crippen LogP contribution in [0.2, 0.25) is 0 Å².